The molecule has 0 bridgehead atoms. The van der Waals surface area contributed by atoms with Crippen LogP contribution >= 0.6 is 0 Å². The number of carbonyl (C=O) groups is 1. The van der Waals surface area contributed by atoms with Crippen molar-refractivity contribution in [3.63, 3.8) is 0 Å². The smallest absolute Gasteiger partial charge is 0.276 e. The van der Waals surface area contributed by atoms with Gasteiger partial charge in [-0.15, -0.1) is 0 Å². The van der Waals surface area contributed by atoms with Crippen LogP contribution in [0.4, 0.5) is 0 Å². The van der Waals surface area contributed by atoms with Gasteiger partial charge in [-0.05, 0) is 23.8 Å². The van der Waals surface area contributed by atoms with E-state index in [0.717, 1.165) is 41.7 Å². The number of benzene rings is 3. The lowest BCUT2D eigenvalue weighted by Gasteiger charge is -2.34. The molecule has 0 N–H and O–H groups in total. The van der Waals surface area contributed by atoms with Crippen molar-refractivity contribution in [2.75, 3.05) is 26.2 Å². The molecule has 1 fully saturated rings. The van der Waals surface area contributed by atoms with Crippen LogP contribution in [0.25, 0.3) is 33.7 Å². The number of para-hydroxylation sites is 1. The quantitative estimate of drug-likeness (QED) is 0.338. The number of rotatable bonds is 5. The minimum absolute atomic E-state index is 0.0803. The lowest BCUT2D eigenvalue weighted by molar-refractivity contribution is 0.0623. The largest absolute Gasteiger partial charge is 0.435 e. The van der Waals surface area contributed by atoms with Crippen LogP contribution in [0.1, 0.15) is 16.1 Å². The molecule has 6 nitrogen and oxygen atoms in total. The summed E-state index contributed by atoms with van der Waals surface area (Å²) in [5.74, 6) is 0.912. The molecular weight excluding hydrogens is 448 g/mol. The summed E-state index contributed by atoms with van der Waals surface area (Å²) in [5.41, 5.74) is 4.49. The van der Waals surface area contributed by atoms with E-state index < -0.39 is 0 Å². The molecule has 0 unspecified atom stereocenters. The maximum Gasteiger partial charge on any atom is 0.276 e. The lowest BCUT2D eigenvalue weighted by atomic mass is 10.1. The molecule has 36 heavy (non-hydrogen) atoms. The summed E-state index contributed by atoms with van der Waals surface area (Å²) < 4.78 is 8.40. The molecule has 2 aromatic heterocycles. The molecule has 3 aromatic carbocycles. The Bertz CT molecular complexity index is 1500. The summed E-state index contributed by atoms with van der Waals surface area (Å²) >= 11 is 0. The number of aryl methyl sites for hydroxylation is 1. The van der Waals surface area contributed by atoms with Gasteiger partial charge in [-0.1, -0.05) is 66.7 Å². The number of amides is 1. The molecule has 1 aliphatic rings. The minimum Gasteiger partial charge on any atom is -0.435 e. The summed E-state index contributed by atoms with van der Waals surface area (Å²) in [6.45, 7) is 3.87. The number of hydrogen-bond donors (Lipinski definition) is 0. The Balaban J connectivity index is 1.32. The van der Waals surface area contributed by atoms with E-state index in [1.165, 1.54) is 5.56 Å². The number of carbonyl (C=O) groups excluding carboxylic acids is 1. The summed E-state index contributed by atoms with van der Waals surface area (Å²) in [7, 11) is 2.01. The van der Waals surface area contributed by atoms with Crippen LogP contribution in [0.5, 0.6) is 0 Å². The van der Waals surface area contributed by atoms with E-state index >= 15 is 0 Å². The number of piperazine rings is 1. The fourth-order valence-electron chi connectivity index (χ4n) is 4.97. The first kappa shape index (κ1) is 22.3. The highest BCUT2D eigenvalue weighted by Crippen LogP contribution is 2.36. The van der Waals surface area contributed by atoms with Crippen LogP contribution in [-0.2, 0) is 13.6 Å². The van der Waals surface area contributed by atoms with E-state index in [-0.39, 0.29) is 5.91 Å². The SMILES string of the molecule is Cn1cc(-c2oc(-c3ccccc3)nc2C(=O)N2CCN(Cc3ccccc3)CC2)c2ccccc21. The van der Waals surface area contributed by atoms with E-state index in [4.69, 9.17) is 9.40 Å². The molecule has 0 spiro atoms. The number of fused-ring (bicyclic) bond motifs is 1. The molecule has 6 heteroatoms. The Kier molecular flexibility index (Phi) is 5.87. The van der Waals surface area contributed by atoms with E-state index in [0.29, 0.717) is 30.4 Å². The normalized spacial score (nSPS) is 14.4. The van der Waals surface area contributed by atoms with Crippen molar-refractivity contribution in [2.24, 2.45) is 7.05 Å². The Labute approximate surface area is 210 Å². The van der Waals surface area contributed by atoms with Crippen molar-refractivity contribution in [3.8, 4) is 22.8 Å². The molecule has 6 rings (SSSR count). The van der Waals surface area contributed by atoms with Crippen molar-refractivity contribution >= 4 is 16.8 Å². The molecule has 0 radical (unpaired) electrons. The molecular formula is C30H28N4O2. The fourth-order valence-corrected chi connectivity index (χ4v) is 4.97. The molecule has 1 saturated heterocycles. The first-order valence-corrected chi connectivity index (χ1v) is 12.3. The highest BCUT2D eigenvalue weighted by atomic mass is 16.4. The third-order valence-electron chi connectivity index (χ3n) is 6.90. The standard InChI is InChI=1S/C30H28N4O2/c1-32-21-25(24-14-8-9-15-26(24)32)28-27(31-29(36-28)23-12-6-3-7-13-23)30(35)34-18-16-33(17-19-34)20-22-10-4-2-5-11-22/h2-15,21H,16-20H2,1H3. The monoisotopic (exact) mass is 476 g/mol. The lowest BCUT2D eigenvalue weighted by Crippen LogP contribution is -2.48. The van der Waals surface area contributed by atoms with Crippen molar-refractivity contribution in [1.82, 2.24) is 19.4 Å². The Morgan fingerprint density at radius 2 is 1.53 bits per heavy atom. The van der Waals surface area contributed by atoms with Crippen LogP contribution in [0, 0.1) is 0 Å². The maximum atomic E-state index is 13.8. The predicted octanol–water partition coefficient (Wildman–Crippen LogP) is 5.46. The van der Waals surface area contributed by atoms with E-state index in [1.807, 2.05) is 66.7 Å². The van der Waals surface area contributed by atoms with Gasteiger partial charge in [-0.25, -0.2) is 4.98 Å². The number of aromatic nitrogens is 2. The fraction of sp³-hybridized carbons (Fsp3) is 0.200. The van der Waals surface area contributed by atoms with Gasteiger partial charge in [0.2, 0.25) is 5.89 Å². The van der Waals surface area contributed by atoms with E-state index in [9.17, 15) is 4.79 Å². The van der Waals surface area contributed by atoms with Crippen molar-refractivity contribution < 1.29 is 9.21 Å². The molecule has 3 heterocycles. The zero-order valence-corrected chi connectivity index (χ0v) is 20.3. The average Bonchev–Trinajstić information content (AvgIpc) is 3.52. The highest BCUT2D eigenvalue weighted by molar-refractivity contribution is 6.03. The second-order valence-electron chi connectivity index (χ2n) is 9.29. The van der Waals surface area contributed by atoms with Gasteiger partial charge in [0, 0.05) is 68.0 Å². The molecule has 1 aliphatic heterocycles. The number of nitrogens with zero attached hydrogens (tertiary/aromatic N) is 4. The molecule has 0 atom stereocenters. The van der Waals surface area contributed by atoms with Gasteiger partial charge in [0.15, 0.2) is 11.5 Å². The third kappa shape index (κ3) is 4.20. The second kappa shape index (κ2) is 9.47. The highest BCUT2D eigenvalue weighted by Gasteiger charge is 2.30. The van der Waals surface area contributed by atoms with Crippen LogP contribution in [-0.4, -0.2) is 51.4 Å². The summed E-state index contributed by atoms with van der Waals surface area (Å²) in [6.07, 6.45) is 2.02. The molecule has 180 valence electrons. The van der Waals surface area contributed by atoms with Gasteiger partial charge in [0.1, 0.15) is 0 Å². The molecule has 5 aromatic rings. The molecule has 1 amide bonds. The predicted molar refractivity (Wildman–Crippen MR) is 141 cm³/mol. The average molecular weight is 477 g/mol. The Hall–Kier alpha value is -4.16. The van der Waals surface area contributed by atoms with Crippen molar-refractivity contribution in [1.29, 1.82) is 0 Å². The van der Waals surface area contributed by atoms with Gasteiger partial charge in [0.25, 0.3) is 5.91 Å². The van der Waals surface area contributed by atoms with Crippen LogP contribution < -0.4 is 0 Å². The summed E-state index contributed by atoms with van der Waals surface area (Å²) in [5, 5.41) is 1.04. The second-order valence-corrected chi connectivity index (χ2v) is 9.29. The topological polar surface area (TPSA) is 54.5 Å². The van der Waals surface area contributed by atoms with Crippen LogP contribution in [0.2, 0.25) is 0 Å². The van der Waals surface area contributed by atoms with Crippen LogP contribution in [0.3, 0.4) is 0 Å². The van der Waals surface area contributed by atoms with E-state index in [2.05, 4.69) is 45.9 Å². The third-order valence-corrected chi connectivity index (χ3v) is 6.90. The Morgan fingerprint density at radius 1 is 0.861 bits per heavy atom. The van der Waals surface area contributed by atoms with Gasteiger partial charge in [-0.2, -0.15) is 0 Å². The van der Waals surface area contributed by atoms with Gasteiger partial charge >= 0.3 is 0 Å². The minimum atomic E-state index is -0.0803. The zero-order chi connectivity index (χ0) is 24.5. The number of oxazole rings is 1. The Morgan fingerprint density at radius 3 is 2.28 bits per heavy atom. The van der Waals surface area contributed by atoms with Crippen molar-refractivity contribution in [2.45, 2.75) is 6.54 Å². The summed E-state index contributed by atoms with van der Waals surface area (Å²) in [4.78, 5) is 22.9. The molecule has 0 aliphatic carbocycles. The van der Waals surface area contributed by atoms with Gasteiger partial charge in [-0.3, -0.25) is 9.69 Å². The van der Waals surface area contributed by atoms with Gasteiger partial charge in [0.05, 0.1) is 0 Å². The van der Waals surface area contributed by atoms with E-state index in [1.54, 1.807) is 0 Å². The summed E-state index contributed by atoms with van der Waals surface area (Å²) in [6, 6.07) is 28.4. The zero-order valence-electron chi connectivity index (χ0n) is 20.3. The van der Waals surface area contributed by atoms with Crippen molar-refractivity contribution in [3.05, 3.63) is 102 Å². The van der Waals surface area contributed by atoms with Gasteiger partial charge < -0.3 is 13.9 Å². The first-order valence-electron chi connectivity index (χ1n) is 12.3. The molecule has 0 saturated carbocycles. The maximum absolute atomic E-state index is 13.8. The van der Waals surface area contributed by atoms with Crippen LogP contribution in [0.15, 0.2) is 95.5 Å². The number of hydrogen-bond acceptors (Lipinski definition) is 4. The first-order chi connectivity index (χ1) is 17.7.